The molecule has 0 saturated carbocycles. The maximum Gasteiger partial charge on any atom is 0.472 e. The molecule has 102 heavy (non-hydrogen) atoms. The predicted molar refractivity (Wildman–Crippen MR) is 418 cm³/mol. The Morgan fingerprint density at radius 1 is 0.284 bits per heavy atom. The fourth-order valence-electron chi connectivity index (χ4n) is 10.3. The first-order valence-electron chi connectivity index (χ1n) is 39.8. The van der Waals surface area contributed by atoms with Crippen LogP contribution in [0.5, 0.6) is 0 Å². The summed E-state index contributed by atoms with van der Waals surface area (Å²) in [7, 11) is -9.99. The van der Waals surface area contributed by atoms with Gasteiger partial charge in [0, 0.05) is 25.7 Å². The van der Waals surface area contributed by atoms with E-state index in [9.17, 15) is 43.2 Å². The van der Waals surface area contributed by atoms with Crippen LogP contribution in [-0.4, -0.2) is 96.7 Å². The Morgan fingerprint density at radius 3 is 0.853 bits per heavy atom. The van der Waals surface area contributed by atoms with Gasteiger partial charge in [0.2, 0.25) is 0 Å². The van der Waals surface area contributed by atoms with Gasteiger partial charge in [-0.1, -0.05) is 265 Å². The maximum atomic E-state index is 13.1. The summed E-state index contributed by atoms with van der Waals surface area (Å²) in [4.78, 5) is 73.0. The van der Waals surface area contributed by atoms with Gasteiger partial charge >= 0.3 is 39.5 Å². The van der Waals surface area contributed by atoms with Crippen LogP contribution in [0.2, 0.25) is 0 Å². The van der Waals surface area contributed by atoms with Gasteiger partial charge in [0.25, 0.3) is 0 Å². The minimum atomic E-state index is -5.00. The van der Waals surface area contributed by atoms with Crippen LogP contribution in [0.25, 0.3) is 0 Å². The van der Waals surface area contributed by atoms with E-state index in [1.165, 1.54) is 83.5 Å². The van der Waals surface area contributed by atoms with Crippen molar-refractivity contribution in [2.45, 2.75) is 341 Å². The summed E-state index contributed by atoms with van der Waals surface area (Å²) in [5.41, 5.74) is 0. The van der Waals surface area contributed by atoms with Crippen molar-refractivity contribution < 1.29 is 80.2 Å². The molecule has 2 unspecified atom stereocenters. The largest absolute Gasteiger partial charge is 0.472 e. The standard InChI is InChI=1S/C83H142O17P2/c1-5-9-13-17-21-25-29-33-37-38-42-46-50-54-58-62-66-70-83(88)100-79(74-94-81(86)68-64-60-56-52-48-44-40-35-31-27-23-19-15-11-7-3)76-98-102(91,92)96-72-77(84)71-95-101(89,90)97-75-78(99-82(87)69-65-61-57-53-49-45-41-36-32-28-24-20-16-12-8-4)73-93-80(85)67-63-59-55-51-47-43-39-34-30-26-22-18-14-10-6-2/h21-23,25-28,32-37,39-42,46,54,58,77-79,84H,5-20,24,29-31,38,43-45,47-53,55-57,59-76H2,1-4H3,(H,89,90)(H,91,92)/b25-21-,26-22-,27-23-,32-28-,37-33-,39-34-,40-35-,41-36-,46-42-,58-54-/t77-,78+,79+/m0/s1. The van der Waals surface area contributed by atoms with Gasteiger partial charge in [0.05, 0.1) is 26.4 Å². The molecule has 0 aliphatic heterocycles. The topological polar surface area (TPSA) is 237 Å². The number of allylic oxidation sites excluding steroid dienone is 20. The molecule has 0 aromatic carbocycles. The number of phosphoric ester groups is 2. The number of unbranched alkanes of at least 4 members (excludes halogenated alkanes) is 29. The summed E-state index contributed by atoms with van der Waals surface area (Å²) in [5.74, 6) is -2.28. The predicted octanol–water partition coefficient (Wildman–Crippen LogP) is 23.1. The number of ether oxygens (including phenoxy) is 4. The van der Waals surface area contributed by atoms with Crippen molar-refractivity contribution in [3.63, 3.8) is 0 Å². The first-order valence-corrected chi connectivity index (χ1v) is 42.8. The van der Waals surface area contributed by atoms with Crippen LogP contribution >= 0.6 is 15.6 Å². The van der Waals surface area contributed by atoms with Gasteiger partial charge in [-0.25, -0.2) is 9.13 Å². The second-order valence-electron chi connectivity index (χ2n) is 26.3. The molecule has 0 aliphatic rings. The molecule has 0 spiro atoms. The molecule has 0 aromatic rings. The zero-order valence-corrected chi connectivity index (χ0v) is 65.8. The quantitative estimate of drug-likeness (QED) is 0.0128. The summed E-state index contributed by atoms with van der Waals surface area (Å²) >= 11 is 0. The van der Waals surface area contributed by atoms with Gasteiger partial charge in [-0.05, 0) is 154 Å². The zero-order chi connectivity index (χ0) is 74.6. The van der Waals surface area contributed by atoms with Gasteiger partial charge in [0.1, 0.15) is 19.3 Å². The lowest BCUT2D eigenvalue weighted by atomic mass is 10.1. The Labute approximate surface area is 619 Å². The second-order valence-corrected chi connectivity index (χ2v) is 29.2. The highest BCUT2D eigenvalue weighted by molar-refractivity contribution is 7.47. The van der Waals surface area contributed by atoms with Crippen molar-refractivity contribution >= 4 is 39.5 Å². The zero-order valence-electron chi connectivity index (χ0n) is 64.0. The van der Waals surface area contributed by atoms with Crippen LogP contribution in [0.1, 0.15) is 323 Å². The van der Waals surface area contributed by atoms with Crippen LogP contribution in [0.3, 0.4) is 0 Å². The van der Waals surface area contributed by atoms with Crippen molar-refractivity contribution in [2.75, 3.05) is 39.6 Å². The molecule has 0 rings (SSSR count). The van der Waals surface area contributed by atoms with Gasteiger partial charge in [-0.2, -0.15) is 0 Å². The van der Waals surface area contributed by atoms with E-state index in [1.54, 1.807) is 0 Å². The van der Waals surface area contributed by atoms with E-state index in [-0.39, 0.29) is 25.7 Å². The average Bonchev–Trinajstić information content (AvgIpc) is 0.917. The summed E-state index contributed by atoms with van der Waals surface area (Å²) in [6.07, 6.45) is 81.8. The third-order valence-electron chi connectivity index (χ3n) is 16.4. The van der Waals surface area contributed by atoms with Gasteiger partial charge in [0.15, 0.2) is 12.2 Å². The minimum absolute atomic E-state index is 0.0136. The molecule has 0 amide bonds. The number of aliphatic hydroxyl groups is 1. The number of phosphoric acid groups is 2. The lowest BCUT2D eigenvalue weighted by Crippen LogP contribution is -2.30. The maximum absolute atomic E-state index is 13.1. The van der Waals surface area contributed by atoms with Crippen molar-refractivity contribution in [3.05, 3.63) is 122 Å². The number of hydrogen-bond acceptors (Lipinski definition) is 15. The normalized spacial score (nSPS) is 14.5. The van der Waals surface area contributed by atoms with Crippen molar-refractivity contribution in [3.8, 4) is 0 Å². The molecule has 0 aromatic heterocycles. The van der Waals surface area contributed by atoms with Crippen LogP contribution in [0.4, 0.5) is 0 Å². The van der Waals surface area contributed by atoms with E-state index in [0.29, 0.717) is 32.1 Å². The monoisotopic (exact) mass is 1470 g/mol. The summed E-state index contributed by atoms with van der Waals surface area (Å²) < 4.78 is 68.5. The van der Waals surface area contributed by atoms with E-state index >= 15 is 0 Å². The van der Waals surface area contributed by atoms with E-state index in [2.05, 4.69) is 137 Å². The lowest BCUT2D eigenvalue weighted by Gasteiger charge is -2.21. The molecule has 0 radical (unpaired) electrons. The van der Waals surface area contributed by atoms with E-state index in [0.717, 1.165) is 154 Å². The van der Waals surface area contributed by atoms with Crippen LogP contribution < -0.4 is 0 Å². The number of hydrogen-bond donors (Lipinski definition) is 3. The molecule has 0 aliphatic carbocycles. The highest BCUT2D eigenvalue weighted by Crippen LogP contribution is 2.45. The Balaban J connectivity index is 5.45. The lowest BCUT2D eigenvalue weighted by molar-refractivity contribution is -0.161. The van der Waals surface area contributed by atoms with Crippen molar-refractivity contribution in [2.24, 2.45) is 0 Å². The van der Waals surface area contributed by atoms with Crippen LogP contribution in [0.15, 0.2) is 122 Å². The third kappa shape index (κ3) is 73.8. The first-order chi connectivity index (χ1) is 49.7. The molecule has 586 valence electrons. The van der Waals surface area contributed by atoms with Crippen molar-refractivity contribution in [1.82, 2.24) is 0 Å². The molecule has 0 saturated heterocycles. The minimum Gasteiger partial charge on any atom is -0.462 e. The number of rotatable bonds is 74. The van der Waals surface area contributed by atoms with Gasteiger partial charge in [-0.15, -0.1) is 0 Å². The third-order valence-corrected chi connectivity index (χ3v) is 18.3. The van der Waals surface area contributed by atoms with Crippen LogP contribution in [-0.2, 0) is 65.4 Å². The molecule has 0 bridgehead atoms. The first kappa shape index (κ1) is 97.5. The summed E-state index contributed by atoms with van der Waals surface area (Å²) in [5, 5.41) is 10.6. The molecule has 17 nitrogen and oxygen atoms in total. The molecule has 3 N–H and O–H groups in total. The van der Waals surface area contributed by atoms with Crippen LogP contribution in [0, 0.1) is 0 Å². The molecule has 5 atom stereocenters. The molecular weight excluding hydrogens is 1330 g/mol. The molecule has 0 fully saturated rings. The average molecular weight is 1470 g/mol. The fourth-order valence-corrected chi connectivity index (χ4v) is 11.8. The number of carbonyl (C=O) groups excluding carboxylic acids is 4. The molecule has 0 heterocycles. The SMILES string of the molecule is CCCCC/C=C\C/C=C\C/C=C\C/C=C\CCCC(=O)O[C@H](COC(=O)CCCCCCC/C=C\C/C=C\CCCCC)COP(=O)(O)OC[C@@H](O)COP(=O)(O)OC[C@@H](COC(=O)CCCCCCC/C=C\C/C=C\CCCCC)OC(=O)CCCCCCC/C=C\C=C/CCCCCC. The second kappa shape index (κ2) is 74.7. The molecular formula is C83H142O17P2. The Morgan fingerprint density at radius 2 is 0.520 bits per heavy atom. The van der Waals surface area contributed by atoms with E-state index in [1.807, 2.05) is 12.2 Å². The number of aliphatic hydroxyl groups excluding tert-OH is 1. The smallest absolute Gasteiger partial charge is 0.462 e. The van der Waals surface area contributed by atoms with E-state index < -0.39 is 97.5 Å². The highest BCUT2D eigenvalue weighted by Gasteiger charge is 2.30. The van der Waals surface area contributed by atoms with Gasteiger partial charge < -0.3 is 33.8 Å². The summed E-state index contributed by atoms with van der Waals surface area (Å²) in [6, 6.07) is 0. The molecule has 19 heteroatoms. The highest BCUT2D eigenvalue weighted by atomic mass is 31.2. The Hall–Kier alpha value is -4.54. The Kier molecular flexibility index (Phi) is 71.4. The number of carbonyl (C=O) groups is 4. The van der Waals surface area contributed by atoms with Gasteiger partial charge in [-0.3, -0.25) is 37.3 Å². The Bertz CT molecular complexity index is 2410. The van der Waals surface area contributed by atoms with E-state index in [4.69, 9.17) is 37.0 Å². The number of esters is 4. The summed E-state index contributed by atoms with van der Waals surface area (Å²) in [6.45, 7) is 4.67. The fraction of sp³-hybridized carbons (Fsp3) is 0.711. The van der Waals surface area contributed by atoms with Crippen molar-refractivity contribution in [1.29, 1.82) is 0 Å².